The van der Waals surface area contributed by atoms with E-state index in [0.717, 1.165) is 23.5 Å². The van der Waals surface area contributed by atoms with Crippen LogP contribution in [0.5, 0.6) is 0 Å². The van der Waals surface area contributed by atoms with Gasteiger partial charge in [0.25, 0.3) is 0 Å². The number of rotatable bonds is 4. The van der Waals surface area contributed by atoms with Gasteiger partial charge in [0.2, 0.25) is 5.91 Å². The van der Waals surface area contributed by atoms with Crippen molar-refractivity contribution in [3.05, 3.63) is 35.9 Å². The third-order valence-corrected chi connectivity index (χ3v) is 6.64. The Morgan fingerprint density at radius 2 is 1.93 bits per heavy atom. The van der Waals surface area contributed by atoms with Gasteiger partial charge < -0.3 is 19.7 Å². The number of aromatic nitrogens is 2. The van der Waals surface area contributed by atoms with Crippen LogP contribution in [0.25, 0.3) is 5.52 Å². The van der Waals surface area contributed by atoms with Crippen LogP contribution in [0.2, 0.25) is 0 Å². The van der Waals surface area contributed by atoms with E-state index >= 15 is 0 Å². The predicted octanol–water partition coefficient (Wildman–Crippen LogP) is 2.81. The van der Waals surface area contributed by atoms with Crippen LogP contribution >= 0.6 is 0 Å². The average Bonchev–Trinajstić information content (AvgIpc) is 3.40. The number of hydrogen-bond donors (Lipinski definition) is 2. The van der Waals surface area contributed by atoms with Crippen molar-refractivity contribution < 1.29 is 14.7 Å². The number of fused-ring (bicyclic) bond motifs is 3. The van der Waals surface area contributed by atoms with Crippen LogP contribution in [-0.2, 0) is 10.3 Å². The van der Waals surface area contributed by atoms with Crippen molar-refractivity contribution >= 4 is 17.5 Å². The number of carbonyl (C=O) groups is 2. The molecule has 3 heterocycles. The zero-order valence-corrected chi connectivity index (χ0v) is 16.3. The summed E-state index contributed by atoms with van der Waals surface area (Å²) < 4.78 is 2.10. The highest BCUT2D eigenvalue weighted by Crippen LogP contribution is 2.46. The molecule has 2 aliphatic carbocycles. The Kier molecular flexibility index (Phi) is 3.73. The second kappa shape index (κ2) is 5.96. The lowest BCUT2D eigenvalue weighted by molar-refractivity contribution is -0.142. The van der Waals surface area contributed by atoms with E-state index in [1.807, 2.05) is 32.2 Å². The molecular weight excluding hydrogens is 356 g/mol. The maximum absolute atomic E-state index is 13.1. The average molecular weight is 382 g/mol. The van der Waals surface area contributed by atoms with Gasteiger partial charge in [-0.1, -0.05) is 6.07 Å². The van der Waals surface area contributed by atoms with E-state index in [2.05, 4.69) is 15.8 Å². The summed E-state index contributed by atoms with van der Waals surface area (Å²) in [6.07, 6.45) is 4.43. The third-order valence-electron chi connectivity index (χ3n) is 6.64. The Morgan fingerprint density at radius 1 is 1.21 bits per heavy atom. The van der Waals surface area contributed by atoms with E-state index in [0.29, 0.717) is 19.0 Å². The monoisotopic (exact) mass is 382 g/mol. The minimum atomic E-state index is -0.884. The van der Waals surface area contributed by atoms with Crippen LogP contribution in [-0.4, -0.2) is 44.5 Å². The van der Waals surface area contributed by atoms with E-state index in [-0.39, 0.29) is 23.7 Å². The van der Waals surface area contributed by atoms with E-state index in [1.54, 1.807) is 0 Å². The molecule has 2 aromatic rings. The van der Waals surface area contributed by atoms with Crippen LogP contribution in [0.4, 0.5) is 4.79 Å². The molecule has 2 amide bonds. The minimum Gasteiger partial charge on any atom is -0.465 e. The van der Waals surface area contributed by atoms with Crippen LogP contribution in [0.15, 0.2) is 24.4 Å². The Morgan fingerprint density at radius 3 is 2.57 bits per heavy atom. The molecule has 5 rings (SSSR count). The van der Waals surface area contributed by atoms with Gasteiger partial charge in [-0.25, -0.2) is 9.78 Å². The maximum Gasteiger partial charge on any atom is 0.407 e. The number of imidazole rings is 1. The lowest BCUT2D eigenvalue weighted by Crippen LogP contribution is -2.62. The first-order valence-corrected chi connectivity index (χ1v) is 10.1. The molecule has 2 bridgehead atoms. The summed E-state index contributed by atoms with van der Waals surface area (Å²) >= 11 is 0. The fourth-order valence-corrected chi connectivity index (χ4v) is 5.08. The number of carboxylic acid groups (broad SMARTS) is 1. The summed E-state index contributed by atoms with van der Waals surface area (Å²) in [5.41, 5.74) is 1.65. The molecule has 7 heteroatoms. The first kappa shape index (κ1) is 17.5. The minimum absolute atomic E-state index is 0.0249. The van der Waals surface area contributed by atoms with Crippen molar-refractivity contribution in [2.75, 3.05) is 13.1 Å². The zero-order chi connectivity index (χ0) is 19.6. The molecule has 3 fully saturated rings. The number of likely N-dealkylation sites (tertiary alicyclic amines) is 1. The molecule has 1 saturated heterocycles. The van der Waals surface area contributed by atoms with Crippen molar-refractivity contribution in [2.45, 2.75) is 44.6 Å². The smallest absolute Gasteiger partial charge is 0.407 e. The molecule has 0 aromatic carbocycles. The number of nitrogens with zero attached hydrogens (tertiary/aromatic N) is 3. The number of amides is 2. The third kappa shape index (κ3) is 2.67. The largest absolute Gasteiger partial charge is 0.465 e. The standard InChI is InChI=1S/C21H26N4O3/c1-21(2,19-22-17(12-6-7-12)15-5-3-4-8-25(15)19)23-18(26)16-13-9-14(16)11-24(10-13)20(27)28/h3-5,8,12-14,16H,6-7,9-11H2,1-2H3,(H,23,26)(H,27,28)/t13-,14+,16+. The summed E-state index contributed by atoms with van der Waals surface area (Å²) in [5.74, 6) is 1.58. The molecule has 0 radical (unpaired) electrons. The molecule has 3 aliphatic rings. The topological polar surface area (TPSA) is 86.9 Å². The van der Waals surface area contributed by atoms with Gasteiger partial charge in [0.15, 0.2) is 0 Å². The van der Waals surface area contributed by atoms with E-state index in [9.17, 15) is 14.7 Å². The molecule has 2 N–H and O–H groups in total. The molecule has 2 aromatic heterocycles. The molecule has 148 valence electrons. The second-order valence-electron chi connectivity index (χ2n) is 9.13. The van der Waals surface area contributed by atoms with Gasteiger partial charge in [-0.2, -0.15) is 0 Å². The Balaban J connectivity index is 1.38. The fraction of sp³-hybridized carbons (Fsp3) is 0.571. The second-order valence-corrected chi connectivity index (χ2v) is 9.13. The van der Waals surface area contributed by atoms with Gasteiger partial charge >= 0.3 is 6.09 Å². The van der Waals surface area contributed by atoms with Crippen molar-refractivity contribution in [3.63, 3.8) is 0 Å². The molecule has 0 spiro atoms. The van der Waals surface area contributed by atoms with E-state index in [1.165, 1.54) is 17.7 Å². The molecule has 2 saturated carbocycles. The van der Waals surface area contributed by atoms with Gasteiger partial charge in [-0.3, -0.25) is 4.79 Å². The first-order chi connectivity index (χ1) is 13.3. The Bertz CT molecular complexity index is 950. The zero-order valence-electron chi connectivity index (χ0n) is 16.3. The van der Waals surface area contributed by atoms with Gasteiger partial charge in [0, 0.05) is 31.1 Å². The highest BCUT2D eigenvalue weighted by Gasteiger charge is 2.52. The molecule has 28 heavy (non-hydrogen) atoms. The maximum atomic E-state index is 13.1. The van der Waals surface area contributed by atoms with E-state index in [4.69, 9.17) is 4.98 Å². The molecular formula is C21H26N4O3. The van der Waals surface area contributed by atoms with Crippen molar-refractivity contribution in [1.82, 2.24) is 19.6 Å². The van der Waals surface area contributed by atoms with Crippen LogP contribution < -0.4 is 5.32 Å². The first-order valence-electron chi connectivity index (χ1n) is 10.1. The Labute approximate surface area is 163 Å². The summed E-state index contributed by atoms with van der Waals surface area (Å²) in [4.78, 5) is 30.7. The number of hydrogen-bond acceptors (Lipinski definition) is 3. The lowest BCUT2D eigenvalue weighted by atomic mass is 9.61. The Hall–Kier alpha value is -2.57. The van der Waals surface area contributed by atoms with E-state index < -0.39 is 11.6 Å². The highest BCUT2D eigenvalue weighted by molar-refractivity contribution is 5.82. The van der Waals surface area contributed by atoms with Crippen LogP contribution in [0, 0.1) is 17.8 Å². The number of piperidine rings is 2. The quantitative estimate of drug-likeness (QED) is 0.851. The number of pyridine rings is 1. The summed E-state index contributed by atoms with van der Waals surface area (Å²) in [6, 6.07) is 6.12. The number of carbonyl (C=O) groups excluding carboxylic acids is 1. The summed E-state index contributed by atoms with van der Waals surface area (Å²) in [6.45, 7) is 4.92. The van der Waals surface area contributed by atoms with Crippen molar-refractivity contribution in [1.29, 1.82) is 0 Å². The molecule has 0 unspecified atom stereocenters. The summed E-state index contributed by atoms with van der Waals surface area (Å²) in [5, 5.41) is 12.4. The van der Waals surface area contributed by atoms with Gasteiger partial charge in [-0.05, 0) is 57.1 Å². The fourth-order valence-electron chi connectivity index (χ4n) is 5.08. The predicted molar refractivity (Wildman–Crippen MR) is 103 cm³/mol. The molecule has 3 atom stereocenters. The van der Waals surface area contributed by atoms with Gasteiger partial charge in [0.1, 0.15) is 5.82 Å². The van der Waals surface area contributed by atoms with Gasteiger partial charge in [0.05, 0.1) is 16.7 Å². The number of nitrogens with one attached hydrogen (secondary N) is 1. The molecule has 7 nitrogen and oxygen atoms in total. The van der Waals surface area contributed by atoms with Gasteiger partial charge in [-0.15, -0.1) is 0 Å². The highest BCUT2D eigenvalue weighted by atomic mass is 16.4. The van der Waals surface area contributed by atoms with Crippen LogP contribution in [0.1, 0.15) is 50.5 Å². The molecule has 1 aliphatic heterocycles. The van der Waals surface area contributed by atoms with Crippen LogP contribution in [0.3, 0.4) is 0 Å². The SMILES string of the molecule is CC(C)(NC(=O)[C@H]1[C@@H]2C[C@H]1CN(C(=O)O)C2)c1nc(C2CC2)c2ccccn12. The summed E-state index contributed by atoms with van der Waals surface area (Å²) in [7, 11) is 0. The van der Waals surface area contributed by atoms with Crippen molar-refractivity contribution in [2.24, 2.45) is 17.8 Å². The normalized spacial score (nSPS) is 26.8. The lowest BCUT2D eigenvalue weighted by Gasteiger charge is -2.52. The van der Waals surface area contributed by atoms with Crippen molar-refractivity contribution in [3.8, 4) is 0 Å².